The Morgan fingerprint density at radius 1 is 0.122 bits per heavy atom. The van der Waals surface area contributed by atoms with Crippen LogP contribution in [0.3, 0.4) is 0 Å². The van der Waals surface area contributed by atoms with Crippen LogP contribution in [-0.4, -0.2) is 89.7 Å². The molecule has 24 N–H and O–H groups in total. The smallest absolute Gasteiger partial charge is 0.225 e. The van der Waals surface area contributed by atoms with Crippen molar-refractivity contribution in [3.05, 3.63) is 146 Å². The summed E-state index contributed by atoms with van der Waals surface area (Å²) in [4.78, 5) is 77.2. The van der Waals surface area contributed by atoms with Gasteiger partial charge in [-0.15, -0.1) is 0 Å². The van der Waals surface area contributed by atoms with Crippen LogP contribution in [0.1, 0.15) is 0 Å². The Kier molecular flexibility index (Phi) is 13.7. The number of benzene rings is 7. The first kappa shape index (κ1) is 55.4. The number of nitrogens with zero attached hydrogens (tertiary/aromatic N) is 18. The number of rotatable bonds is 12. The highest BCUT2D eigenvalue weighted by atomic mass is 15.2. The molecule has 13 rings (SSSR count). The molecule has 6 aromatic heterocycles. The van der Waals surface area contributed by atoms with E-state index in [1.54, 1.807) is 0 Å². The molecule has 0 aliphatic heterocycles. The molecule has 0 amide bonds. The zero-order valence-corrected chi connectivity index (χ0v) is 46.8. The Balaban J connectivity index is 1.20. The Morgan fingerprint density at radius 3 is 0.311 bits per heavy atom. The average Bonchev–Trinajstić information content (AvgIpc) is 0.733. The van der Waals surface area contributed by atoms with Crippen molar-refractivity contribution < 1.29 is 0 Å². The van der Waals surface area contributed by atoms with Crippen LogP contribution >= 0.6 is 0 Å². The summed E-state index contributed by atoms with van der Waals surface area (Å²) >= 11 is 0. The molecule has 0 aliphatic carbocycles. The van der Waals surface area contributed by atoms with Gasteiger partial charge in [-0.05, 0) is 66.8 Å². The van der Waals surface area contributed by atoms with Crippen LogP contribution in [0.15, 0.2) is 146 Å². The average molecular weight is 1190 g/mol. The molecule has 438 valence electrons. The molecule has 30 heteroatoms. The molecule has 0 radical (unpaired) electrons. The van der Waals surface area contributed by atoms with Crippen LogP contribution in [-0.2, 0) is 0 Å². The summed E-state index contributed by atoms with van der Waals surface area (Å²) in [5.41, 5.74) is 85.8. The van der Waals surface area contributed by atoms with Gasteiger partial charge in [-0.3, -0.25) is 0 Å². The zero-order chi connectivity index (χ0) is 62.5. The second-order valence-electron chi connectivity index (χ2n) is 20.0. The lowest BCUT2D eigenvalue weighted by Crippen LogP contribution is -2.05. The first-order chi connectivity index (χ1) is 43.4. The minimum absolute atomic E-state index is 0.0514. The maximum atomic E-state index is 6.13. The van der Waals surface area contributed by atoms with Gasteiger partial charge < -0.3 is 68.8 Å². The lowest BCUT2D eigenvalue weighted by molar-refractivity contribution is 1.09. The van der Waals surface area contributed by atoms with Crippen LogP contribution in [0.2, 0.25) is 0 Å². The number of hydrogen-bond acceptors (Lipinski definition) is 30. The van der Waals surface area contributed by atoms with Gasteiger partial charge in [0.05, 0.1) is 0 Å². The minimum atomic E-state index is -0.0514. The van der Waals surface area contributed by atoms with Crippen LogP contribution in [0.4, 0.5) is 71.4 Å². The molecule has 0 aliphatic rings. The third-order valence-corrected chi connectivity index (χ3v) is 14.1. The highest BCUT2D eigenvalue weighted by Crippen LogP contribution is 2.56. The largest absolute Gasteiger partial charge is 0.368 e. The van der Waals surface area contributed by atoms with Crippen molar-refractivity contribution in [1.29, 1.82) is 0 Å². The summed E-state index contributed by atoms with van der Waals surface area (Å²) in [6.45, 7) is 0. The van der Waals surface area contributed by atoms with Crippen LogP contribution in [0.25, 0.3) is 135 Å². The van der Waals surface area contributed by atoms with E-state index in [0.717, 1.165) is 66.8 Å². The third-order valence-electron chi connectivity index (χ3n) is 14.1. The van der Waals surface area contributed by atoms with E-state index in [2.05, 4.69) is 89.7 Å². The molecule has 7 aromatic carbocycles. The number of nitrogens with two attached hydrogens (primary N) is 12. The first-order valence-electron chi connectivity index (χ1n) is 26.9. The Labute approximate surface area is 508 Å². The van der Waals surface area contributed by atoms with Crippen LogP contribution < -0.4 is 68.8 Å². The number of hydrogen-bond donors (Lipinski definition) is 12. The lowest BCUT2D eigenvalue weighted by atomic mass is 9.74. The summed E-state index contributed by atoms with van der Waals surface area (Å²) in [5, 5.41) is 0. The van der Waals surface area contributed by atoms with Gasteiger partial charge in [-0.2, -0.15) is 89.7 Å². The Morgan fingerprint density at radius 2 is 0.211 bits per heavy atom. The van der Waals surface area contributed by atoms with Gasteiger partial charge in [0.1, 0.15) is 0 Å². The topological polar surface area (TPSA) is 544 Å². The van der Waals surface area contributed by atoms with Gasteiger partial charge in [0, 0.05) is 33.4 Å². The predicted molar refractivity (Wildman–Crippen MR) is 345 cm³/mol. The molecule has 6 heterocycles. The van der Waals surface area contributed by atoms with E-state index in [0.29, 0.717) is 33.4 Å². The summed E-state index contributed by atoms with van der Waals surface area (Å²) in [6.07, 6.45) is 0. The van der Waals surface area contributed by atoms with E-state index >= 15 is 0 Å². The Bertz CT molecular complexity index is 3990. The summed E-state index contributed by atoms with van der Waals surface area (Å²) < 4.78 is 0. The maximum absolute atomic E-state index is 6.13. The molecule has 13 aromatic rings. The first-order valence-corrected chi connectivity index (χ1v) is 26.9. The molecule has 0 saturated carbocycles. The highest BCUT2D eigenvalue weighted by molar-refractivity contribution is 6.15. The number of aromatic nitrogens is 18. The van der Waals surface area contributed by atoms with Crippen molar-refractivity contribution in [2.24, 2.45) is 0 Å². The van der Waals surface area contributed by atoms with Crippen LogP contribution in [0.5, 0.6) is 0 Å². The van der Waals surface area contributed by atoms with E-state index in [1.165, 1.54) is 0 Å². The van der Waals surface area contributed by atoms with E-state index < -0.39 is 0 Å². The molecule has 0 unspecified atom stereocenters. The lowest BCUT2D eigenvalue weighted by Gasteiger charge is -2.29. The van der Waals surface area contributed by atoms with Crippen molar-refractivity contribution >= 4 is 71.4 Å². The predicted octanol–water partition coefficient (Wildman–Crippen LogP) is 5.79. The second-order valence-corrected chi connectivity index (χ2v) is 20.0. The highest BCUT2D eigenvalue weighted by Gasteiger charge is 2.30. The SMILES string of the molecule is Nc1nc(N)nc(-c2ccc(-c3c(-c4ccc(-c5nc(N)nc(N)n5)cc4)c(-c4ccc(-c5nc(N)nc(N)n5)cc4)c(-c4ccc(-c5nc(N)nc(N)n5)cc4)c(-c4ccc(-c5nc(N)nc(N)n5)cc4)c3-c3ccc(-c4nc(N)nc(N)n4)cc3)cc2)n1. The quantitative estimate of drug-likeness (QED) is 0.0689. The fourth-order valence-electron chi connectivity index (χ4n) is 10.4. The molecule has 90 heavy (non-hydrogen) atoms. The van der Waals surface area contributed by atoms with Gasteiger partial charge in [-0.25, -0.2) is 0 Å². The molecule has 0 spiro atoms. The molecular weight excluding hydrogens is 1140 g/mol. The number of nitrogen functional groups attached to an aromatic ring is 12. The van der Waals surface area contributed by atoms with Crippen LogP contribution in [0, 0.1) is 0 Å². The maximum Gasteiger partial charge on any atom is 0.225 e. The summed E-state index contributed by atoms with van der Waals surface area (Å²) in [7, 11) is 0. The third kappa shape index (κ3) is 11.0. The Hall–Kier alpha value is -13.8. The molecule has 0 saturated heterocycles. The van der Waals surface area contributed by atoms with Gasteiger partial charge >= 0.3 is 0 Å². The van der Waals surface area contributed by atoms with Crippen molar-refractivity contribution in [2.45, 2.75) is 0 Å². The van der Waals surface area contributed by atoms with Gasteiger partial charge in [0.2, 0.25) is 71.4 Å². The van der Waals surface area contributed by atoms with E-state index in [1.807, 2.05) is 146 Å². The summed E-state index contributed by atoms with van der Waals surface area (Å²) in [6, 6.07) is 46.1. The molecule has 0 bridgehead atoms. The second kappa shape index (κ2) is 22.3. The van der Waals surface area contributed by atoms with E-state index in [9.17, 15) is 0 Å². The zero-order valence-electron chi connectivity index (χ0n) is 46.8. The van der Waals surface area contributed by atoms with Gasteiger partial charge in [-0.1, -0.05) is 146 Å². The van der Waals surface area contributed by atoms with Crippen molar-refractivity contribution in [3.63, 3.8) is 0 Å². The van der Waals surface area contributed by atoms with Gasteiger partial charge in [0.15, 0.2) is 34.9 Å². The van der Waals surface area contributed by atoms with Crippen molar-refractivity contribution in [1.82, 2.24) is 89.7 Å². The van der Waals surface area contributed by atoms with Gasteiger partial charge in [0.25, 0.3) is 0 Å². The molecule has 0 fully saturated rings. The summed E-state index contributed by atoms with van der Waals surface area (Å²) in [5.74, 6) is 0.903. The van der Waals surface area contributed by atoms with Crippen molar-refractivity contribution in [3.8, 4) is 135 Å². The minimum Gasteiger partial charge on any atom is -0.368 e. The fraction of sp³-hybridized carbons (Fsp3) is 0. The monoisotopic (exact) mass is 1190 g/mol. The number of anilines is 12. The standard InChI is InChI=1S/C60H48N30/c61-49-73-43(74-50(62)85-49)31-13-1-25(2-14-31)37-38(26-3-15-32(16-4-26)44-75-51(63)86-52(64)76-44)40(28-7-19-34(20-8-28)46-79-55(67)88-56(68)80-46)42(30-11-23-36(24-12-30)48-83-59(71)90-60(72)84-48)41(29-9-21-35(22-10-29)47-81-57(69)89-58(70)82-47)39(37)27-5-17-33(18-6-27)45-77-53(65)87-54(66)78-45/h1-24H,(H4,61,62,73,74,85)(H4,63,64,75,76,86)(H4,65,66,77,78,87)(H4,67,68,79,80,88)(H4,69,70,81,82,89)(H4,71,72,83,84,90). The fourth-order valence-corrected chi connectivity index (χ4v) is 10.4. The van der Waals surface area contributed by atoms with E-state index in [-0.39, 0.29) is 106 Å². The van der Waals surface area contributed by atoms with Crippen molar-refractivity contribution in [2.75, 3.05) is 68.8 Å². The normalized spacial score (nSPS) is 11.2. The molecular formula is C60H48N30. The molecule has 30 nitrogen and oxygen atoms in total. The molecule has 0 atom stereocenters. The van der Waals surface area contributed by atoms with E-state index in [4.69, 9.17) is 68.8 Å².